The Bertz CT molecular complexity index is 977. The number of esters is 1. The molecule has 0 aliphatic rings. The van der Waals surface area contributed by atoms with Gasteiger partial charge in [0.05, 0.1) is 6.42 Å². The maximum Gasteiger partial charge on any atom is 0.349 e. The number of amides is 2. The van der Waals surface area contributed by atoms with E-state index in [-0.39, 0.29) is 6.42 Å². The van der Waals surface area contributed by atoms with E-state index in [0.717, 1.165) is 22.3 Å². The molecule has 0 radical (unpaired) electrons. The Morgan fingerprint density at radius 1 is 0.929 bits per heavy atom. The summed E-state index contributed by atoms with van der Waals surface area (Å²) >= 11 is 1.25. The van der Waals surface area contributed by atoms with Crippen LogP contribution in [0.3, 0.4) is 0 Å². The molecule has 0 atom stereocenters. The summed E-state index contributed by atoms with van der Waals surface area (Å²) in [5.41, 5.74) is 3.59. The minimum atomic E-state index is -0.650. The SMILES string of the molecule is Cc1ccc(-c2ccsc2C(=O)OCC(=O)NC(=O)Cc2ccccc2)cc1. The van der Waals surface area contributed by atoms with Crippen LogP contribution in [0.15, 0.2) is 66.0 Å². The average Bonchev–Trinajstić information content (AvgIpc) is 3.17. The number of hydrogen-bond donors (Lipinski definition) is 1. The van der Waals surface area contributed by atoms with E-state index in [9.17, 15) is 14.4 Å². The van der Waals surface area contributed by atoms with Crippen molar-refractivity contribution in [2.24, 2.45) is 0 Å². The van der Waals surface area contributed by atoms with Gasteiger partial charge in [0, 0.05) is 5.56 Å². The van der Waals surface area contributed by atoms with Crippen LogP contribution in [0.1, 0.15) is 20.8 Å². The van der Waals surface area contributed by atoms with E-state index in [1.54, 1.807) is 17.5 Å². The Morgan fingerprint density at radius 2 is 1.64 bits per heavy atom. The van der Waals surface area contributed by atoms with Crippen LogP contribution in [0, 0.1) is 6.92 Å². The van der Waals surface area contributed by atoms with Crippen LogP contribution in [0.4, 0.5) is 0 Å². The summed E-state index contributed by atoms with van der Waals surface area (Å²) in [5.74, 6) is -1.68. The zero-order valence-corrected chi connectivity index (χ0v) is 16.1. The maximum absolute atomic E-state index is 12.4. The van der Waals surface area contributed by atoms with Gasteiger partial charge in [-0.3, -0.25) is 14.9 Å². The maximum atomic E-state index is 12.4. The van der Waals surface area contributed by atoms with Crippen LogP contribution in [0.25, 0.3) is 11.1 Å². The number of hydrogen-bond acceptors (Lipinski definition) is 5. The second kappa shape index (κ2) is 9.10. The van der Waals surface area contributed by atoms with Crippen molar-refractivity contribution in [3.05, 3.63) is 82.0 Å². The molecule has 0 bridgehead atoms. The van der Waals surface area contributed by atoms with Gasteiger partial charge < -0.3 is 4.74 Å². The van der Waals surface area contributed by atoms with Crippen LogP contribution in [-0.4, -0.2) is 24.4 Å². The number of rotatable bonds is 6. The van der Waals surface area contributed by atoms with Gasteiger partial charge in [0.2, 0.25) is 5.91 Å². The molecule has 28 heavy (non-hydrogen) atoms. The number of thiophene rings is 1. The molecule has 0 saturated carbocycles. The normalized spacial score (nSPS) is 10.3. The molecular formula is C22H19NO4S. The van der Waals surface area contributed by atoms with E-state index in [4.69, 9.17) is 4.74 Å². The molecule has 0 aliphatic carbocycles. The highest BCUT2D eigenvalue weighted by atomic mass is 32.1. The minimum Gasteiger partial charge on any atom is -0.451 e. The molecule has 0 saturated heterocycles. The topological polar surface area (TPSA) is 72.5 Å². The summed E-state index contributed by atoms with van der Waals surface area (Å²) in [5, 5.41) is 4.03. The third kappa shape index (κ3) is 5.14. The molecule has 5 nitrogen and oxygen atoms in total. The predicted octanol–water partition coefficient (Wildman–Crippen LogP) is 3.77. The molecule has 2 aromatic carbocycles. The standard InChI is InChI=1S/C22H19NO4S/c1-15-7-9-17(10-8-15)18-11-12-28-21(18)22(26)27-14-20(25)23-19(24)13-16-5-3-2-4-6-16/h2-12H,13-14H2,1H3,(H,23,24,25). The highest BCUT2D eigenvalue weighted by molar-refractivity contribution is 7.12. The third-order valence-electron chi connectivity index (χ3n) is 4.03. The van der Waals surface area contributed by atoms with Gasteiger partial charge in [-0.25, -0.2) is 4.79 Å². The summed E-state index contributed by atoms with van der Waals surface area (Å²) in [6.45, 7) is 1.48. The van der Waals surface area contributed by atoms with Crippen molar-refractivity contribution in [3.63, 3.8) is 0 Å². The second-order valence-electron chi connectivity index (χ2n) is 6.24. The van der Waals surface area contributed by atoms with Crippen LogP contribution < -0.4 is 5.32 Å². The zero-order chi connectivity index (χ0) is 19.9. The third-order valence-corrected chi connectivity index (χ3v) is 4.93. The van der Waals surface area contributed by atoms with Gasteiger partial charge in [0.25, 0.3) is 5.91 Å². The van der Waals surface area contributed by atoms with Crippen molar-refractivity contribution in [2.45, 2.75) is 13.3 Å². The molecule has 1 heterocycles. The van der Waals surface area contributed by atoms with E-state index in [1.807, 2.05) is 55.5 Å². The minimum absolute atomic E-state index is 0.0863. The Labute approximate surface area is 167 Å². The number of nitrogens with one attached hydrogen (secondary N) is 1. The smallest absolute Gasteiger partial charge is 0.349 e. The van der Waals surface area contributed by atoms with Gasteiger partial charge in [0.1, 0.15) is 4.88 Å². The molecule has 0 fully saturated rings. The summed E-state index contributed by atoms with van der Waals surface area (Å²) in [4.78, 5) is 36.6. The highest BCUT2D eigenvalue weighted by Crippen LogP contribution is 2.29. The first kappa shape index (κ1) is 19.5. The summed E-state index contributed by atoms with van der Waals surface area (Å²) < 4.78 is 5.09. The van der Waals surface area contributed by atoms with Gasteiger partial charge in [-0.15, -0.1) is 11.3 Å². The van der Waals surface area contributed by atoms with Crippen molar-refractivity contribution < 1.29 is 19.1 Å². The Kier molecular flexibility index (Phi) is 6.34. The Balaban J connectivity index is 1.54. The summed E-state index contributed by atoms with van der Waals surface area (Å²) in [6, 6.07) is 18.7. The number of carbonyl (C=O) groups excluding carboxylic acids is 3. The van der Waals surface area contributed by atoms with E-state index in [1.165, 1.54) is 11.3 Å². The van der Waals surface area contributed by atoms with Gasteiger partial charge in [-0.1, -0.05) is 60.2 Å². The molecule has 1 aromatic heterocycles. The molecule has 1 N–H and O–H groups in total. The number of aryl methyl sites for hydroxylation is 1. The van der Waals surface area contributed by atoms with Gasteiger partial charge in [-0.05, 0) is 29.5 Å². The quantitative estimate of drug-likeness (QED) is 0.647. The van der Waals surface area contributed by atoms with Crippen molar-refractivity contribution in [3.8, 4) is 11.1 Å². The van der Waals surface area contributed by atoms with Gasteiger partial charge in [-0.2, -0.15) is 0 Å². The van der Waals surface area contributed by atoms with Crippen molar-refractivity contribution in [1.29, 1.82) is 0 Å². The molecule has 0 spiro atoms. The zero-order valence-electron chi connectivity index (χ0n) is 15.3. The summed E-state index contributed by atoms with van der Waals surface area (Å²) in [6.07, 6.45) is 0.0863. The van der Waals surface area contributed by atoms with Crippen molar-refractivity contribution >= 4 is 29.1 Å². The second-order valence-corrected chi connectivity index (χ2v) is 7.16. The van der Waals surface area contributed by atoms with Crippen molar-refractivity contribution in [1.82, 2.24) is 5.32 Å². The monoisotopic (exact) mass is 393 g/mol. The number of imide groups is 1. The highest BCUT2D eigenvalue weighted by Gasteiger charge is 2.18. The van der Waals surface area contributed by atoms with E-state index in [2.05, 4.69) is 5.32 Å². The van der Waals surface area contributed by atoms with Crippen LogP contribution in [0.2, 0.25) is 0 Å². The predicted molar refractivity (Wildman–Crippen MR) is 108 cm³/mol. The molecule has 3 aromatic rings. The van der Waals surface area contributed by atoms with E-state index in [0.29, 0.717) is 4.88 Å². The lowest BCUT2D eigenvalue weighted by Gasteiger charge is -2.07. The fraction of sp³-hybridized carbons (Fsp3) is 0.136. The van der Waals surface area contributed by atoms with Crippen LogP contribution >= 0.6 is 11.3 Å². The number of benzene rings is 2. The van der Waals surface area contributed by atoms with Crippen LogP contribution in [-0.2, 0) is 20.7 Å². The Hall–Kier alpha value is -3.25. The van der Waals surface area contributed by atoms with Crippen molar-refractivity contribution in [2.75, 3.05) is 6.61 Å². The fourth-order valence-corrected chi connectivity index (χ4v) is 3.45. The lowest BCUT2D eigenvalue weighted by Crippen LogP contribution is -2.35. The first-order valence-electron chi connectivity index (χ1n) is 8.71. The molecular weight excluding hydrogens is 374 g/mol. The lowest BCUT2D eigenvalue weighted by atomic mass is 10.1. The summed E-state index contributed by atoms with van der Waals surface area (Å²) in [7, 11) is 0. The lowest BCUT2D eigenvalue weighted by molar-refractivity contribution is -0.132. The number of carbonyl (C=O) groups is 3. The van der Waals surface area contributed by atoms with E-state index < -0.39 is 24.4 Å². The van der Waals surface area contributed by atoms with Gasteiger partial charge >= 0.3 is 5.97 Å². The fourth-order valence-electron chi connectivity index (χ4n) is 2.64. The molecule has 142 valence electrons. The van der Waals surface area contributed by atoms with E-state index >= 15 is 0 Å². The van der Waals surface area contributed by atoms with Gasteiger partial charge in [0.15, 0.2) is 6.61 Å². The van der Waals surface area contributed by atoms with Crippen LogP contribution in [0.5, 0.6) is 0 Å². The average molecular weight is 393 g/mol. The number of ether oxygens (including phenoxy) is 1. The molecule has 2 amide bonds. The first-order valence-corrected chi connectivity index (χ1v) is 9.59. The first-order chi connectivity index (χ1) is 13.5. The molecule has 6 heteroatoms. The molecule has 0 unspecified atom stereocenters. The molecule has 3 rings (SSSR count). The molecule has 0 aliphatic heterocycles. The Morgan fingerprint density at radius 3 is 2.36 bits per heavy atom. The largest absolute Gasteiger partial charge is 0.451 e.